The summed E-state index contributed by atoms with van der Waals surface area (Å²) in [6.45, 7) is 5.53. The number of nitrogens with one attached hydrogen (secondary N) is 2. The van der Waals surface area contributed by atoms with Crippen LogP contribution in [0.25, 0.3) is 0 Å². The van der Waals surface area contributed by atoms with Crippen LogP contribution in [0.5, 0.6) is 11.6 Å². The fraction of sp³-hybridized carbons (Fsp3) is 0.0952. The molecule has 1 aromatic heterocycles. The Morgan fingerprint density at radius 3 is 2.57 bits per heavy atom. The van der Waals surface area contributed by atoms with Crippen LogP contribution in [-0.2, 0) is 11.2 Å². The zero-order chi connectivity index (χ0) is 19.9. The second kappa shape index (κ2) is 8.86. The summed E-state index contributed by atoms with van der Waals surface area (Å²) in [7, 11) is 2.10. The zero-order valence-corrected chi connectivity index (χ0v) is 15.9. The molecule has 0 fully saturated rings. The third-order valence-electron chi connectivity index (χ3n) is 4.01. The van der Waals surface area contributed by atoms with Gasteiger partial charge in [-0.05, 0) is 29.8 Å². The van der Waals surface area contributed by atoms with Crippen molar-refractivity contribution in [1.29, 1.82) is 0 Å². The van der Waals surface area contributed by atoms with Gasteiger partial charge in [-0.25, -0.2) is 9.97 Å². The Morgan fingerprint density at radius 2 is 1.86 bits per heavy atom. The highest BCUT2D eigenvalue weighted by Gasteiger charge is 2.05. The first-order valence-corrected chi connectivity index (χ1v) is 8.86. The van der Waals surface area contributed by atoms with E-state index in [1.54, 1.807) is 6.07 Å². The molecule has 2 aromatic carbocycles. The van der Waals surface area contributed by atoms with Crippen molar-refractivity contribution < 1.29 is 9.53 Å². The standard InChI is InChI=1S/C21H21BN4O2/c1-14(11-16-5-3-4-6-19(16)22)25-17-7-9-18(10-8-17)28-21-12-20(23-13-24-21)26-15(2)27/h3-10,12-13,25H,1,11,22H2,2H3,(H,23,24,26,27). The average Bonchev–Trinajstić information content (AvgIpc) is 2.65. The largest absolute Gasteiger partial charge is 0.439 e. The van der Waals surface area contributed by atoms with E-state index in [1.165, 1.54) is 24.3 Å². The molecule has 0 bridgehead atoms. The SMILES string of the molecule is Bc1ccccc1CC(=C)Nc1ccc(Oc2cc(NC(C)=O)ncn2)cc1. The van der Waals surface area contributed by atoms with Gasteiger partial charge in [0.1, 0.15) is 25.7 Å². The third-order valence-corrected chi connectivity index (χ3v) is 4.01. The fourth-order valence-corrected chi connectivity index (χ4v) is 2.66. The Hall–Kier alpha value is -3.61. The van der Waals surface area contributed by atoms with Gasteiger partial charge in [-0.15, -0.1) is 0 Å². The third kappa shape index (κ3) is 5.44. The van der Waals surface area contributed by atoms with Gasteiger partial charge in [0.2, 0.25) is 11.8 Å². The van der Waals surface area contributed by atoms with E-state index in [9.17, 15) is 4.79 Å². The summed E-state index contributed by atoms with van der Waals surface area (Å²) >= 11 is 0. The van der Waals surface area contributed by atoms with Gasteiger partial charge < -0.3 is 15.4 Å². The minimum Gasteiger partial charge on any atom is -0.439 e. The highest BCUT2D eigenvalue weighted by molar-refractivity contribution is 6.33. The molecule has 3 aromatic rings. The molecular formula is C21H21BN4O2. The molecule has 0 spiro atoms. The molecule has 28 heavy (non-hydrogen) atoms. The second-order valence-corrected chi connectivity index (χ2v) is 6.38. The summed E-state index contributed by atoms with van der Waals surface area (Å²) in [5, 5.41) is 5.91. The maximum Gasteiger partial charge on any atom is 0.224 e. The van der Waals surface area contributed by atoms with Crippen molar-refractivity contribution >= 4 is 30.7 Å². The molecule has 6 nitrogen and oxygen atoms in total. The van der Waals surface area contributed by atoms with Gasteiger partial charge in [0, 0.05) is 30.8 Å². The highest BCUT2D eigenvalue weighted by Crippen LogP contribution is 2.23. The average molecular weight is 372 g/mol. The Kier molecular flexibility index (Phi) is 6.06. The first kappa shape index (κ1) is 19.2. The smallest absolute Gasteiger partial charge is 0.224 e. The van der Waals surface area contributed by atoms with E-state index in [4.69, 9.17) is 4.74 Å². The van der Waals surface area contributed by atoms with Gasteiger partial charge in [0.15, 0.2) is 0 Å². The molecule has 0 aliphatic rings. The van der Waals surface area contributed by atoms with Crippen LogP contribution in [0, 0.1) is 0 Å². The van der Waals surface area contributed by atoms with Crippen LogP contribution in [0.2, 0.25) is 0 Å². The molecule has 0 saturated heterocycles. The van der Waals surface area contributed by atoms with Crippen molar-refractivity contribution in [1.82, 2.24) is 9.97 Å². The van der Waals surface area contributed by atoms with E-state index in [-0.39, 0.29) is 5.91 Å². The van der Waals surface area contributed by atoms with Crippen LogP contribution < -0.4 is 20.8 Å². The lowest BCUT2D eigenvalue weighted by Gasteiger charge is -2.12. The van der Waals surface area contributed by atoms with Crippen LogP contribution >= 0.6 is 0 Å². The Labute approximate surface area is 165 Å². The number of amides is 1. The van der Waals surface area contributed by atoms with E-state index < -0.39 is 0 Å². The molecule has 140 valence electrons. The van der Waals surface area contributed by atoms with Crippen LogP contribution in [0.15, 0.2) is 73.2 Å². The molecule has 0 radical (unpaired) electrons. The number of anilines is 2. The molecule has 0 aliphatic carbocycles. The predicted octanol–water partition coefficient (Wildman–Crippen LogP) is 2.65. The quantitative estimate of drug-likeness (QED) is 0.624. The van der Waals surface area contributed by atoms with Crippen molar-refractivity contribution in [3.63, 3.8) is 0 Å². The number of carbonyl (C=O) groups is 1. The van der Waals surface area contributed by atoms with Crippen LogP contribution in [0.4, 0.5) is 11.5 Å². The van der Waals surface area contributed by atoms with Gasteiger partial charge in [-0.2, -0.15) is 0 Å². The highest BCUT2D eigenvalue weighted by atomic mass is 16.5. The number of hydrogen-bond donors (Lipinski definition) is 2. The Bertz CT molecular complexity index is 990. The molecule has 0 aliphatic heterocycles. The monoisotopic (exact) mass is 372 g/mol. The van der Waals surface area contributed by atoms with Gasteiger partial charge in [0.05, 0.1) is 0 Å². The fourth-order valence-electron chi connectivity index (χ4n) is 2.66. The molecule has 0 unspecified atom stereocenters. The summed E-state index contributed by atoms with van der Waals surface area (Å²) in [6, 6.07) is 17.3. The molecule has 7 heteroatoms. The number of allylic oxidation sites excluding steroid dienone is 1. The topological polar surface area (TPSA) is 76.1 Å². The predicted molar refractivity (Wildman–Crippen MR) is 114 cm³/mol. The van der Waals surface area contributed by atoms with Crippen LogP contribution in [-0.4, -0.2) is 23.7 Å². The molecule has 0 atom stereocenters. The molecule has 3 rings (SSSR count). The van der Waals surface area contributed by atoms with E-state index in [0.717, 1.165) is 17.8 Å². The molecular weight excluding hydrogens is 351 g/mol. The number of ether oxygens (including phenoxy) is 1. The van der Waals surface area contributed by atoms with Crippen molar-refractivity contribution in [3.8, 4) is 11.6 Å². The van der Waals surface area contributed by atoms with Gasteiger partial charge in [-0.1, -0.05) is 36.3 Å². The minimum absolute atomic E-state index is 0.203. The van der Waals surface area contributed by atoms with Crippen molar-refractivity contribution in [2.45, 2.75) is 13.3 Å². The van der Waals surface area contributed by atoms with E-state index in [0.29, 0.717) is 17.4 Å². The normalized spacial score (nSPS) is 10.2. The number of hydrogen-bond acceptors (Lipinski definition) is 5. The maximum atomic E-state index is 11.1. The number of aromatic nitrogens is 2. The van der Waals surface area contributed by atoms with Crippen molar-refractivity contribution in [2.75, 3.05) is 10.6 Å². The van der Waals surface area contributed by atoms with Gasteiger partial charge in [0.25, 0.3) is 0 Å². The van der Waals surface area contributed by atoms with Gasteiger partial charge in [-0.3, -0.25) is 4.79 Å². The van der Waals surface area contributed by atoms with E-state index in [2.05, 4.69) is 47.2 Å². The van der Waals surface area contributed by atoms with Gasteiger partial charge >= 0.3 is 0 Å². The van der Waals surface area contributed by atoms with Crippen molar-refractivity contribution in [2.24, 2.45) is 0 Å². The summed E-state index contributed by atoms with van der Waals surface area (Å²) in [5.74, 6) is 1.17. The van der Waals surface area contributed by atoms with Crippen molar-refractivity contribution in [3.05, 3.63) is 78.8 Å². The summed E-state index contributed by atoms with van der Waals surface area (Å²) in [4.78, 5) is 19.1. The second-order valence-electron chi connectivity index (χ2n) is 6.38. The molecule has 0 saturated carbocycles. The lowest BCUT2D eigenvalue weighted by molar-refractivity contribution is -0.114. The minimum atomic E-state index is -0.203. The van der Waals surface area contributed by atoms with Crippen LogP contribution in [0.1, 0.15) is 12.5 Å². The first-order valence-electron chi connectivity index (χ1n) is 8.86. The molecule has 2 N–H and O–H groups in total. The van der Waals surface area contributed by atoms with E-state index in [1.807, 2.05) is 36.4 Å². The Morgan fingerprint density at radius 1 is 1.11 bits per heavy atom. The number of carbonyl (C=O) groups excluding carboxylic acids is 1. The maximum absolute atomic E-state index is 11.1. The van der Waals surface area contributed by atoms with Crippen LogP contribution in [0.3, 0.4) is 0 Å². The summed E-state index contributed by atoms with van der Waals surface area (Å²) in [6.07, 6.45) is 2.10. The zero-order valence-electron chi connectivity index (χ0n) is 15.9. The lowest BCUT2D eigenvalue weighted by atomic mass is 9.89. The number of rotatable bonds is 7. The number of benzene rings is 2. The van der Waals surface area contributed by atoms with E-state index >= 15 is 0 Å². The molecule has 1 heterocycles. The first-order chi connectivity index (χ1) is 13.5. The summed E-state index contributed by atoms with van der Waals surface area (Å²) < 4.78 is 5.72. The molecule has 1 amide bonds. The summed E-state index contributed by atoms with van der Waals surface area (Å²) in [5.41, 5.74) is 4.34. The Balaban J connectivity index is 1.60. The lowest BCUT2D eigenvalue weighted by Crippen LogP contribution is -2.12. The number of nitrogens with zero attached hydrogens (tertiary/aromatic N) is 2.